The van der Waals surface area contributed by atoms with Gasteiger partial charge in [0.15, 0.2) is 28.2 Å². The van der Waals surface area contributed by atoms with Crippen molar-refractivity contribution in [3.05, 3.63) is 42.1 Å². The number of anilines is 1. The maximum absolute atomic E-state index is 12.4. The SMILES string of the molecule is CCn1c(SCC(=O)Nc2ccc(C(C)C)cc2)nnc1-c1nccc2c1OCO2. The number of nitrogens with one attached hydrogen (secondary N) is 1. The Bertz CT molecular complexity index is 1050. The molecule has 3 heterocycles. The predicted molar refractivity (Wildman–Crippen MR) is 115 cm³/mol. The molecule has 8 nitrogen and oxygen atoms in total. The van der Waals surface area contributed by atoms with Crippen LogP contribution in [0.5, 0.6) is 11.5 Å². The number of hydrogen-bond donors (Lipinski definition) is 1. The van der Waals surface area contributed by atoms with Gasteiger partial charge in [-0.3, -0.25) is 4.79 Å². The van der Waals surface area contributed by atoms with E-state index in [1.807, 2.05) is 35.8 Å². The van der Waals surface area contributed by atoms with E-state index in [1.165, 1.54) is 17.3 Å². The third-order valence-electron chi connectivity index (χ3n) is 4.72. The van der Waals surface area contributed by atoms with E-state index >= 15 is 0 Å². The number of carbonyl (C=O) groups is 1. The van der Waals surface area contributed by atoms with Gasteiger partial charge in [0.05, 0.1) is 5.75 Å². The van der Waals surface area contributed by atoms with Crippen LogP contribution in [0.3, 0.4) is 0 Å². The van der Waals surface area contributed by atoms with Gasteiger partial charge in [-0.15, -0.1) is 10.2 Å². The van der Waals surface area contributed by atoms with Crippen LogP contribution in [0.15, 0.2) is 41.7 Å². The fourth-order valence-electron chi connectivity index (χ4n) is 3.13. The molecule has 1 amide bonds. The summed E-state index contributed by atoms with van der Waals surface area (Å²) in [6, 6.07) is 9.67. The van der Waals surface area contributed by atoms with Crippen molar-refractivity contribution in [2.24, 2.45) is 0 Å². The number of rotatable bonds is 7. The minimum Gasteiger partial charge on any atom is -0.453 e. The highest BCUT2D eigenvalue weighted by Crippen LogP contribution is 2.39. The maximum atomic E-state index is 12.4. The van der Waals surface area contributed by atoms with Gasteiger partial charge in [-0.2, -0.15) is 0 Å². The van der Waals surface area contributed by atoms with E-state index in [-0.39, 0.29) is 18.5 Å². The first-order valence-electron chi connectivity index (χ1n) is 9.77. The van der Waals surface area contributed by atoms with Crippen LogP contribution in [-0.4, -0.2) is 38.2 Å². The van der Waals surface area contributed by atoms with E-state index < -0.39 is 0 Å². The summed E-state index contributed by atoms with van der Waals surface area (Å²) >= 11 is 1.33. The van der Waals surface area contributed by atoms with Crippen LogP contribution in [0.2, 0.25) is 0 Å². The van der Waals surface area contributed by atoms with Crippen molar-refractivity contribution in [1.29, 1.82) is 0 Å². The molecule has 0 saturated heterocycles. The first-order chi connectivity index (χ1) is 14.6. The van der Waals surface area contributed by atoms with Gasteiger partial charge < -0.3 is 19.4 Å². The Hall–Kier alpha value is -3.07. The van der Waals surface area contributed by atoms with Crippen molar-refractivity contribution < 1.29 is 14.3 Å². The topological polar surface area (TPSA) is 91.2 Å². The van der Waals surface area contributed by atoms with Crippen molar-refractivity contribution in [3.8, 4) is 23.0 Å². The average molecular weight is 426 g/mol. The lowest BCUT2D eigenvalue weighted by atomic mass is 10.0. The standard InChI is InChI=1S/C21H23N5O3S/c1-4-26-20(18-19-16(9-10-22-18)28-12-29-19)24-25-21(26)30-11-17(27)23-15-7-5-14(6-8-15)13(2)3/h5-10,13H,4,11-12H2,1-3H3,(H,23,27). The molecule has 156 valence electrons. The molecule has 3 aromatic rings. The number of amides is 1. The van der Waals surface area contributed by atoms with E-state index in [2.05, 4.69) is 34.3 Å². The van der Waals surface area contributed by atoms with E-state index in [0.29, 0.717) is 40.6 Å². The average Bonchev–Trinajstić information content (AvgIpc) is 3.39. The number of pyridine rings is 1. The molecule has 1 aliphatic heterocycles. The van der Waals surface area contributed by atoms with Gasteiger partial charge in [-0.05, 0) is 30.5 Å². The number of benzene rings is 1. The number of aromatic nitrogens is 4. The number of fused-ring (bicyclic) bond motifs is 1. The molecule has 0 atom stereocenters. The summed E-state index contributed by atoms with van der Waals surface area (Å²) in [7, 11) is 0. The first kappa shape index (κ1) is 20.2. The Morgan fingerprint density at radius 3 is 2.73 bits per heavy atom. The Balaban J connectivity index is 1.44. The number of thioether (sulfide) groups is 1. The summed E-state index contributed by atoms with van der Waals surface area (Å²) in [4.78, 5) is 16.8. The minimum atomic E-state index is -0.0973. The van der Waals surface area contributed by atoms with Gasteiger partial charge in [0.1, 0.15) is 0 Å². The summed E-state index contributed by atoms with van der Waals surface area (Å²) in [5.74, 6) is 2.38. The Morgan fingerprint density at radius 1 is 1.20 bits per heavy atom. The van der Waals surface area contributed by atoms with Crippen molar-refractivity contribution in [2.45, 2.75) is 38.4 Å². The summed E-state index contributed by atoms with van der Waals surface area (Å²) in [6.45, 7) is 7.07. The second-order valence-corrected chi connectivity index (χ2v) is 8.00. The first-order valence-corrected chi connectivity index (χ1v) is 10.8. The molecule has 1 aliphatic rings. The van der Waals surface area contributed by atoms with Crippen LogP contribution in [0.4, 0.5) is 5.69 Å². The highest BCUT2D eigenvalue weighted by atomic mass is 32.2. The number of nitrogens with zero attached hydrogens (tertiary/aromatic N) is 4. The van der Waals surface area contributed by atoms with Gasteiger partial charge in [-0.25, -0.2) is 4.98 Å². The molecule has 4 rings (SSSR count). The molecule has 0 fully saturated rings. The Morgan fingerprint density at radius 2 is 2.00 bits per heavy atom. The van der Waals surface area contributed by atoms with Crippen molar-refractivity contribution in [1.82, 2.24) is 19.7 Å². The fourth-order valence-corrected chi connectivity index (χ4v) is 3.93. The van der Waals surface area contributed by atoms with Gasteiger partial charge >= 0.3 is 0 Å². The smallest absolute Gasteiger partial charge is 0.234 e. The van der Waals surface area contributed by atoms with Crippen LogP contribution in [0.1, 0.15) is 32.3 Å². The highest BCUT2D eigenvalue weighted by Gasteiger charge is 2.24. The summed E-state index contributed by atoms with van der Waals surface area (Å²) in [5, 5.41) is 12.1. The molecule has 0 unspecified atom stereocenters. The predicted octanol–water partition coefficient (Wildman–Crippen LogP) is 3.94. The molecule has 1 aromatic carbocycles. The molecule has 1 N–H and O–H groups in total. The molecule has 30 heavy (non-hydrogen) atoms. The van der Waals surface area contributed by atoms with E-state index in [0.717, 1.165) is 5.69 Å². The van der Waals surface area contributed by atoms with Crippen LogP contribution >= 0.6 is 11.8 Å². The van der Waals surface area contributed by atoms with Crippen LogP contribution < -0.4 is 14.8 Å². The van der Waals surface area contributed by atoms with Gasteiger partial charge in [0, 0.05) is 24.5 Å². The van der Waals surface area contributed by atoms with Crippen LogP contribution in [0, 0.1) is 0 Å². The largest absolute Gasteiger partial charge is 0.453 e. The number of carbonyl (C=O) groups excluding carboxylic acids is 1. The molecule has 0 spiro atoms. The van der Waals surface area contributed by atoms with E-state index in [1.54, 1.807) is 12.3 Å². The molecule has 0 bridgehead atoms. The van der Waals surface area contributed by atoms with Gasteiger partial charge in [0.25, 0.3) is 0 Å². The van der Waals surface area contributed by atoms with Crippen LogP contribution in [-0.2, 0) is 11.3 Å². The summed E-state index contributed by atoms with van der Waals surface area (Å²) < 4.78 is 12.9. The van der Waals surface area contributed by atoms with E-state index in [9.17, 15) is 4.79 Å². The third kappa shape index (κ3) is 4.11. The van der Waals surface area contributed by atoms with Crippen molar-refractivity contribution in [2.75, 3.05) is 17.9 Å². The normalized spacial score (nSPS) is 12.4. The maximum Gasteiger partial charge on any atom is 0.234 e. The summed E-state index contributed by atoms with van der Waals surface area (Å²) in [6.07, 6.45) is 1.66. The van der Waals surface area contributed by atoms with Gasteiger partial charge in [-0.1, -0.05) is 37.7 Å². The molecule has 0 radical (unpaired) electrons. The number of hydrogen-bond acceptors (Lipinski definition) is 7. The zero-order valence-electron chi connectivity index (χ0n) is 17.1. The zero-order valence-corrected chi connectivity index (χ0v) is 17.9. The summed E-state index contributed by atoms with van der Waals surface area (Å²) in [5.41, 5.74) is 2.60. The lowest BCUT2D eigenvalue weighted by molar-refractivity contribution is -0.113. The molecular weight excluding hydrogens is 402 g/mol. The second-order valence-electron chi connectivity index (χ2n) is 7.06. The third-order valence-corrected chi connectivity index (χ3v) is 5.69. The minimum absolute atomic E-state index is 0.0973. The second kappa shape index (κ2) is 8.74. The molecular formula is C21H23N5O3S. The lowest BCUT2D eigenvalue weighted by Crippen LogP contribution is -2.14. The molecule has 0 aliphatic carbocycles. The monoisotopic (exact) mass is 425 g/mol. The fraction of sp³-hybridized carbons (Fsp3) is 0.333. The Labute approximate surface area is 179 Å². The Kier molecular flexibility index (Phi) is 5.89. The molecule has 9 heteroatoms. The molecule has 0 saturated carbocycles. The quantitative estimate of drug-likeness (QED) is 0.573. The van der Waals surface area contributed by atoms with Gasteiger partial charge in [0.2, 0.25) is 12.7 Å². The molecule has 2 aromatic heterocycles. The highest BCUT2D eigenvalue weighted by molar-refractivity contribution is 7.99. The number of ether oxygens (including phenoxy) is 2. The van der Waals surface area contributed by atoms with Crippen molar-refractivity contribution >= 4 is 23.4 Å². The van der Waals surface area contributed by atoms with E-state index in [4.69, 9.17) is 9.47 Å². The lowest BCUT2D eigenvalue weighted by Gasteiger charge is -2.09. The van der Waals surface area contributed by atoms with Crippen molar-refractivity contribution in [3.63, 3.8) is 0 Å². The van der Waals surface area contributed by atoms with Crippen LogP contribution in [0.25, 0.3) is 11.5 Å². The zero-order chi connectivity index (χ0) is 21.1.